The van der Waals surface area contributed by atoms with E-state index in [9.17, 15) is 18.0 Å². The summed E-state index contributed by atoms with van der Waals surface area (Å²) in [5.41, 5.74) is -0.398. The van der Waals surface area contributed by atoms with Crippen LogP contribution in [-0.2, 0) is 6.18 Å². The highest BCUT2D eigenvalue weighted by Crippen LogP contribution is 2.29. The van der Waals surface area contributed by atoms with Gasteiger partial charge in [-0.25, -0.2) is 0 Å². The van der Waals surface area contributed by atoms with Crippen LogP contribution in [-0.4, -0.2) is 5.78 Å². The summed E-state index contributed by atoms with van der Waals surface area (Å²) in [5.74, 6) is -0.134. The largest absolute Gasteiger partial charge is 0.416 e. The van der Waals surface area contributed by atoms with Gasteiger partial charge in [0.1, 0.15) is 0 Å². The van der Waals surface area contributed by atoms with Crippen molar-refractivity contribution in [3.8, 4) is 0 Å². The van der Waals surface area contributed by atoms with Gasteiger partial charge in [-0.15, -0.1) is 0 Å². The third kappa shape index (κ3) is 3.32. The molecule has 0 spiro atoms. The minimum Gasteiger partial charge on any atom is -0.294 e. The van der Waals surface area contributed by atoms with Crippen molar-refractivity contribution in [1.29, 1.82) is 0 Å². The summed E-state index contributed by atoms with van der Waals surface area (Å²) >= 11 is 0. The molecule has 1 aromatic carbocycles. The van der Waals surface area contributed by atoms with Crippen molar-refractivity contribution in [1.82, 2.24) is 0 Å². The van der Waals surface area contributed by atoms with Crippen molar-refractivity contribution in [2.24, 2.45) is 11.8 Å². The summed E-state index contributed by atoms with van der Waals surface area (Å²) in [4.78, 5) is 11.9. The monoisotopic (exact) mass is 244 g/mol. The van der Waals surface area contributed by atoms with E-state index >= 15 is 0 Å². The van der Waals surface area contributed by atoms with E-state index in [1.165, 1.54) is 12.1 Å². The molecule has 0 N–H and O–H groups in total. The van der Waals surface area contributed by atoms with Gasteiger partial charge in [0.05, 0.1) is 5.56 Å². The number of alkyl halides is 3. The first-order valence-corrected chi connectivity index (χ1v) is 5.45. The molecule has 0 aliphatic carbocycles. The highest BCUT2D eigenvalue weighted by molar-refractivity contribution is 5.97. The number of carbonyl (C=O) groups is 1. The normalized spacial score (nSPS) is 13.8. The predicted molar refractivity (Wildman–Crippen MR) is 59.8 cm³/mol. The van der Waals surface area contributed by atoms with Crippen molar-refractivity contribution in [2.75, 3.05) is 0 Å². The van der Waals surface area contributed by atoms with Gasteiger partial charge in [-0.1, -0.05) is 32.9 Å². The van der Waals surface area contributed by atoms with Crippen LogP contribution in [0.4, 0.5) is 13.2 Å². The molecule has 0 saturated carbocycles. The van der Waals surface area contributed by atoms with Gasteiger partial charge in [0, 0.05) is 11.5 Å². The molecule has 1 aromatic rings. The van der Waals surface area contributed by atoms with E-state index in [1.807, 2.05) is 13.8 Å². The number of hydrogen-bond donors (Lipinski definition) is 0. The predicted octanol–water partition coefficient (Wildman–Crippen LogP) is 4.18. The minimum absolute atomic E-state index is 0.117. The highest BCUT2D eigenvalue weighted by atomic mass is 19.4. The van der Waals surface area contributed by atoms with E-state index in [-0.39, 0.29) is 17.6 Å². The van der Waals surface area contributed by atoms with Gasteiger partial charge >= 0.3 is 6.18 Å². The topological polar surface area (TPSA) is 17.1 Å². The standard InChI is InChI=1S/C13H15F3O/c1-8(2)9(3)12(17)10-4-6-11(7-5-10)13(14,15)16/h4-9H,1-3H3. The van der Waals surface area contributed by atoms with Gasteiger partial charge in [-0.3, -0.25) is 4.79 Å². The molecule has 1 nitrogen and oxygen atoms in total. The zero-order valence-corrected chi connectivity index (χ0v) is 10.0. The lowest BCUT2D eigenvalue weighted by Crippen LogP contribution is -2.17. The summed E-state index contributed by atoms with van der Waals surface area (Å²) in [6, 6.07) is 4.37. The zero-order valence-electron chi connectivity index (χ0n) is 10.0. The molecule has 4 heteroatoms. The molecule has 0 fully saturated rings. The number of rotatable bonds is 3. The fraction of sp³-hybridized carbons (Fsp3) is 0.462. The molecule has 0 heterocycles. The van der Waals surface area contributed by atoms with E-state index < -0.39 is 11.7 Å². The van der Waals surface area contributed by atoms with Crippen LogP contribution < -0.4 is 0 Å². The number of benzene rings is 1. The number of hydrogen-bond acceptors (Lipinski definition) is 1. The van der Waals surface area contributed by atoms with E-state index in [0.29, 0.717) is 5.56 Å². The number of halogens is 3. The summed E-state index contributed by atoms with van der Waals surface area (Å²) in [7, 11) is 0. The molecule has 0 aliphatic heterocycles. The van der Waals surface area contributed by atoms with Crippen LogP contribution in [0, 0.1) is 11.8 Å². The van der Waals surface area contributed by atoms with Gasteiger partial charge in [0.15, 0.2) is 5.78 Å². The molecule has 1 atom stereocenters. The maximum absolute atomic E-state index is 12.3. The Kier molecular flexibility index (Phi) is 3.96. The molecule has 94 valence electrons. The maximum Gasteiger partial charge on any atom is 0.416 e. The van der Waals surface area contributed by atoms with E-state index in [0.717, 1.165) is 12.1 Å². The van der Waals surface area contributed by atoms with Gasteiger partial charge < -0.3 is 0 Å². The van der Waals surface area contributed by atoms with Gasteiger partial charge in [-0.2, -0.15) is 13.2 Å². The highest BCUT2D eigenvalue weighted by Gasteiger charge is 2.30. The molecule has 0 bridgehead atoms. The smallest absolute Gasteiger partial charge is 0.294 e. The average molecular weight is 244 g/mol. The fourth-order valence-electron chi connectivity index (χ4n) is 1.39. The van der Waals surface area contributed by atoms with Crippen LogP contribution in [0.15, 0.2) is 24.3 Å². The second-order valence-electron chi connectivity index (χ2n) is 4.47. The third-order valence-corrected chi connectivity index (χ3v) is 2.91. The van der Waals surface area contributed by atoms with E-state index in [1.54, 1.807) is 6.92 Å². The first kappa shape index (κ1) is 13.7. The zero-order chi connectivity index (χ0) is 13.2. The van der Waals surface area contributed by atoms with Crippen molar-refractivity contribution in [3.05, 3.63) is 35.4 Å². The van der Waals surface area contributed by atoms with Crippen molar-refractivity contribution >= 4 is 5.78 Å². The van der Waals surface area contributed by atoms with Crippen LogP contribution >= 0.6 is 0 Å². The van der Waals surface area contributed by atoms with Crippen LogP contribution in [0.2, 0.25) is 0 Å². The fourth-order valence-corrected chi connectivity index (χ4v) is 1.39. The van der Waals surface area contributed by atoms with Crippen molar-refractivity contribution < 1.29 is 18.0 Å². The summed E-state index contributed by atoms with van der Waals surface area (Å²) in [6.07, 6.45) is -4.36. The number of ketones is 1. The van der Waals surface area contributed by atoms with Gasteiger partial charge in [0.2, 0.25) is 0 Å². The Morgan fingerprint density at radius 1 is 1.06 bits per heavy atom. The molecule has 1 unspecified atom stereocenters. The summed E-state index contributed by atoms with van der Waals surface area (Å²) < 4.78 is 37.0. The molecule has 0 saturated heterocycles. The summed E-state index contributed by atoms with van der Waals surface area (Å²) in [5, 5.41) is 0. The lowest BCUT2D eigenvalue weighted by atomic mass is 9.89. The first-order valence-electron chi connectivity index (χ1n) is 5.45. The minimum atomic E-state index is -4.36. The molecule has 0 aliphatic rings. The molecule has 17 heavy (non-hydrogen) atoms. The Morgan fingerprint density at radius 3 is 1.88 bits per heavy atom. The van der Waals surface area contributed by atoms with Crippen molar-refractivity contribution in [2.45, 2.75) is 26.9 Å². The van der Waals surface area contributed by atoms with Crippen LogP contribution in [0.5, 0.6) is 0 Å². The Bertz CT molecular complexity index is 390. The van der Waals surface area contributed by atoms with Crippen LogP contribution in [0.1, 0.15) is 36.7 Å². The third-order valence-electron chi connectivity index (χ3n) is 2.91. The molecule has 1 rings (SSSR count). The van der Waals surface area contributed by atoms with E-state index in [2.05, 4.69) is 0 Å². The van der Waals surface area contributed by atoms with E-state index in [4.69, 9.17) is 0 Å². The Labute approximate surface area is 98.6 Å². The quantitative estimate of drug-likeness (QED) is 0.729. The first-order chi connectivity index (χ1) is 7.73. The molecule has 0 radical (unpaired) electrons. The van der Waals surface area contributed by atoms with Crippen LogP contribution in [0.25, 0.3) is 0 Å². The molecule has 0 aromatic heterocycles. The molecular formula is C13H15F3O. The summed E-state index contributed by atoms with van der Waals surface area (Å²) in [6.45, 7) is 5.60. The molecular weight excluding hydrogens is 229 g/mol. The average Bonchev–Trinajstić information content (AvgIpc) is 2.26. The SMILES string of the molecule is CC(C)C(C)C(=O)c1ccc(C(F)(F)F)cc1. The number of Topliss-reactive ketones (excluding diaryl/α,β-unsaturated/α-hetero) is 1. The molecule has 0 amide bonds. The lowest BCUT2D eigenvalue weighted by Gasteiger charge is -2.14. The number of carbonyl (C=O) groups excluding carboxylic acids is 1. The van der Waals surface area contributed by atoms with Gasteiger partial charge in [-0.05, 0) is 18.1 Å². The second kappa shape index (κ2) is 4.90. The van der Waals surface area contributed by atoms with Crippen molar-refractivity contribution in [3.63, 3.8) is 0 Å². The Balaban J connectivity index is 2.92. The lowest BCUT2D eigenvalue weighted by molar-refractivity contribution is -0.137. The maximum atomic E-state index is 12.3. The second-order valence-corrected chi connectivity index (χ2v) is 4.47. The van der Waals surface area contributed by atoms with Gasteiger partial charge in [0.25, 0.3) is 0 Å². The Hall–Kier alpha value is -1.32. The Morgan fingerprint density at radius 2 is 1.53 bits per heavy atom. The van der Waals surface area contributed by atoms with Crippen LogP contribution in [0.3, 0.4) is 0 Å².